The maximum atomic E-state index is 12.0. The van der Waals surface area contributed by atoms with Crippen molar-refractivity contribution in [2.24, 2.45) is 0 Å². The predicted molar refractivity (Wildman–Crippen MR) is 87.1 cm³/mol. The van der Waals surface area contributed by atoms with Gasteiger partial charge < -0.3 is 4.98 Å². The van der Waals surface area contributed by atoms with Crippen LogP contribution in [0.5, 0.6) is 0 Å². The number of aryl methyl sites for hydroxylation is 1. The van der Waals surface area contributed by atoms with Crippen LogP contribution in [0.25, 0.3) is 17.0 Å². The van der Waals surface area contributed by atoms with Crippen molar-refractivity contribution in [3.05, 3.63) is 78.0 Å². The Labute approximate surface area is 124 Å². The van der Waals surface area contributed by atoms with Crippen LogP contribution in [0, 0.1) is 0 Å². The zero-order chi connectivity index (χ0) is 14.5. The van der Waals surface area contributed by atoms with Gasteiger partial charge in [0.15, 0.2) is 5.78 Å². The monoisotopic (exact) mass is 275 g/mol. The highest BCUT2D eigenvalue weighted by Gasteiger charge is 2.04. The first-order valence-electron chi connectivity index (χ1n) is 7.14. The van der Waals surface area contributed by atoms with E-state index in [-0.39, 0.29) is 5.78 Å². The molecule has 3 aromatic rings. The molecule has 1 heterocycles. The summed E-state index contributed by atoms with van der Waals surface area (Å²) in [4.78, 5) is 15.2. The molecule has 0 aliphatic rings. The molecule has 104 valence electrons. The van der Waals surface area contributed by atoms with Crippen LogP contribution in [0.4, 0.5) is 0 Å². The Hall–Kier alpha value is -2.61. The van der Waals surface area contributed by atoms with E-state index in [0.717, 1.165) is 17.5 Å². The number of fused-ring (bicyclic) bond motifs is 1. The van der Waals surface area contributed by atoms with E-state index in [4.69, 9.17) is 0 Å². The van der Waals surface area contributed by atoms with E-state index in [1.165, 1.54) is 10.9 Å². The number of carbonyl (C=O) groups is 1. The lowest BCUT2D eigenvalue weighted by atomic mass is 10.1. The number of nitrogens with one attached hydrogen (secondary N) is 1. The number of aromatic nitrogens is 1. The molecule has 21 heavy (non-hydrogen) atoms. The van der Waals surface area contributed by atoms with Crippen molar-refractivity contribution in [3.8, 4) is 0 Å². The highest BCUT2D eigenvalue weighted by Crippen LogP contribution is 2.19. The molecule has 2 aromatic carbocycles. The molecule has 0 atom stereocenters. The molecule has 0 unspecified atom stereocenters. The first kappa shape index (κ1) is 13.4. The summed E-state index contributed by atoms with van der Waals surface area (Å²) in [5.41, 5.74) is 3.38. The second-order valence-electron chi connectivity index (χ2n) is 5.07. The number of ketones is 1. The number of allylic oxidation sites excluding steroid dienone is 1. The van der Waals surface area contributed by atoms with Crippen molar-refractivity contribution in [1.82, 2.24) is 4.98 Å². The Kier molecular flexibility index (Phi) is 3.97. The minimum atomic E-state index is 0.157. The van der Waals surface area contributed by atoms with Crippen LogP contribution in [0.1, 0.15) is 17.5 Å². The van der Waals surface area contributed by atoms with Gasteiger partial charge in [-0.1, -0.05) is 54.6 Å². The predicted octanol–water partition coefficient (Wildman–Crippen LogP) is 4.38. The van der Waals surface area contributed by atoms with E-state index in [0.29, 0.717) is 6.42 Å². The summed E-state index contributed by atoms with van der Waals surface area (Å²) in [5.74, 6) is 0.157. The number of benzene rings is 2. The average molecular weight is 275 g/mol. The number of hydrogen-bond donors (Lipinski definition) is 1. The lowest BCUT2D eigenvalue weighted by Crippen LogP contribution is -1.95. The number of para-hydroxylation sites is 1. The number of hydrogen-bond acceptors (Lipinski definition) is 1. The maximum absolute atomic E-state index is 12.0. The van der Waals surface area contributed by atoms with Crippen molar-refractivity contribution in [2.75, 3.05) is 0 Å². The molecule has 0 aliphatic carbocycles. The third-order valence-corrected chi connectivity index (χ3v) is 3.58. The Morgan fingerprint density at radius 1 is 1.00 bits per heavy atom. The maximum Gasteiger partial charge on any atom is 0.156 e. The average Bonchev–Trinajstić information content (AvgIpc) is 2.95. The molecule has 0 fully saturated rings. The lowest BCUT2D eigenvalue weighted by Gasteiger charge is -1.97. The summed E-state index contributed by atoms with van der Waals surface area (Å²) in [5, 5.41) is 1.21. The first-order chi connectivity index (χ1) is 10.3. The summed E-state index contributed by atoms with van der Waals surface area (Å²) < 4.78 is 0. The fraction of sp³-hybridized carbons (Fsp3) is 0.105. The van der Waals surface area contributed by atoms with Crippen LogP contribution in [0.2, 0.25) is 0 Å². The third-order valence-electron chi connectivity index (χ3n) is 3.58. The van der Waals surface area contributed by atoms with Gasteiger partial charge in [-0.15, -0.1) is 0 Å². The molecule has 1 aromatic heterocycles. The molecule has 0 bridgehead atoms. The lowest BCUT2D eigenvalue weighted by molar-refractivity contribution is -0.114. The van der Waals surface area contributed by atoms with Gasteiger partial charge in [0, 0.05) is 23.5 Å². The normalized spacial score (nSPS) is 11.2. The Morgan fingerprint density at radius 3 is 2.62 bits per heavy atom. The quantitative estimate of drug-likeness (QED) is 0.688. The first-order valence-corrected chi connectivity index (χ1v) is 7.14. The van der Waals surface area contributed by atoms with Crippen molar-refractivity contribution in [2.45, 2.75) is 12.8 Å². The van der Waals surface area contributed by atoms with E-state index in [9.17, 15) is 4.79 Å². The highest BCUT2D eigenvalue weighted by atomic mass is 16.1. The largest absolute Gasteiger partial charge is 0.361 e. The molecule has 2 nitrogen and oxygen atoms in total. The van der Waals surface area contributed by atoms with E-state index < -0.39 is 0 Å². The zero-order valence-electron chi connectivity index (χ0n) is 11.8. The fourth-order valence-corrected chi connectivity index (χ4v) is 2.43. The topological polar surface area (TPSA) is 32.9 Å². The molecule has 2 heteroatoms. The van der Waals surface area contributed by atoms with Crippen molar-refractivity contribution < 1.29 is 4.79 Å². The van der Waals surface area contributed by atoms with Gasteiger partial charge >= 0.3 is 0 Å². The molecule has 0 spiro atoms. The van der Waals surface area contributed by atoms with Gasteiger partial charge in [0.2, 0.25) is 0 Å². The van der Waals surface area contributed by atoms with Crippen LogP contribution in [-0.4, -0.2) is 10.8 Å². The van der Waals surface area contributed by atoms with E-state index in [2.05, 4.69) is 17.1 Å². The Morgan fingerprint density at radius 2 is 1.76 bits per heavy atom. The summed E-state index contributed by atoms with van der Waals surface area (Å²) in [6, 6.07) is 18.1. The van der Waals surface area contributed by atoms with Crippen LogP contribution >= 0.6 is 0 Å². The molecule has 3 rings (SSSR count). The SMILES string of the molecule is O=C(/C=C/c1ccccc1)CCc1c[nH]c2ccccc12. The fourth-order valence-electron chi connectivity index (χ4n) is 2.43. The van der Waals surface area contributed by atoms with Crippen LogP contribution in [-0.2, 0) is 11.2 Å². The zero-order valence-corrected chi connectivity index (χ0v) is 11.8. The van der Waals surface area contributed by atoms with Gasteiger partial charge in [-0.3, -0.25) is 4.79 Å². The minimum Gasteiger partial charge on any atom is -0.361 e. The Bertz CT molecular complexity index is 768. The summed E-state index contributed by atoms with van der Waals surface area (Å²) in [6.07, 6.45) is 6.84. The number of rotatable bonds is 5. The van der Waals surface area contributed by atoms with Crippen LogP contribution < -0.4 is 0 Å². The molecule has 0 aliphatic heterocycles. The second-order valence-corrected chi connectivity index (χ2v) is 5.07. The van der Waals surface area contributed by atoms with Gasteiger partial charge in [0.25, 0.3) is 0 Å². The van der Waals surface area contributed by atoms with Gasteiger partial charge in [-0.2, -0.15) is 0 Å². The number of aromatic amines is 1. The molecular formula is C19H17NO. The molecule has 0 saturated carbocycles. The summed E-state index contributed by atoms with van der Waals surface area (Å²) in [7, 11) is 0. The van der Waals surface area contributed by atoms with Crippen molar-refractivity contribution >= 4 is 22.8 Å². The second kappa shape index (κ2) is 6.23. The standard InChI is InChI=1S/C19H17NO/c21-17(12-10-15-6-2-1-3-7-15)13-11-16-14-20-19-9-5-4-8-18(16)19/h1-10,12,14,20H,11,13H2/b12-10+. The van der Waals surface area contributed by atoms with Crippen molar-refractivity contribution in [3.63, 3.8) is 0 Å². The summed E-state index contributed by atoms with van der Waals surface area (Å²) in [6.45, 7) is 0. The number of H-pyrrole nitrogens is 1. The Balaban J connectivity index is 1.62. The summed E-state index contributed by atoms with van der Waals surface area (Å²) >= 11 is 0. The van der Waals surface area contributed by atoms with Crippen LogP contribution in [0.15, 0.2) is 66.9 Å². The van der Waals surface area contributed by atoms with E-state index in [1.807, 2.05) is 54.7 Å². The molecule has 1 N–H and O–H groups in total. The smallest absolute Gasteiger partial charge is 0.156 e. The highest BCUT2D eigenvalue weighted by molar-refractivity contribution is 5.94. The van der Waals surface area contributed by atoms with Gasteiger partial charge in [-0.05, 0) is 29.7 Å². The molecule has 0 amide bonds. The third kappa shape index (κ3) is 3.29. The van der Waals surface area contributed by atoms with Gasteiger partial charge in [0.1, 0.15) is 0 Å². The molecule has 0 radical (unpaired) electrons. The van der Waals surface area contributed by atoms with Gasteiger partial charge in [-0.25, -0.2) is 0 Å². The minimum absolute atomic E-state index is 0.157. The number of carbonyl (C=O) groups excluding carboxylic acids is 1. The molecule has 0 saturated heterocycles. The van der Waals surface area contributed by atoms with E-state index in [1.54, 1.807) is 6.08 Å². The molecular weight excluding hydrogens is 258 g/mol. The van der Waals surface area contributed by atoms with Crippen molar-refractivity contribution in [1.29, 1.82) is 0 Å². The van der Waals surface area contributed by atoms with E-state index >= 15 is 0 Å². The van der Waals surface area contributed by atoms with Crippen LogP contribution in [0.3, 0.4) is 0 Å². The van der Waals surface area contributed by atoms with Gasteiger partial charge in [0.05, 0.1) is 0 Å².